The van der Waals surface area contributed by atoms with Crippen LogP contribution in [0.25, 0.3) is 0 Å². The second-order valence-corrected chi connectivity index (χ2v) is 7.45. The lowest BCUT2D eigenvalue weighted by atomic mass is 10.1. The maximum Gasteiger partial charge on any atom is 0.338 e. The van der Waals surface area contributed by atoms with Crippen LogP contribution in [-0.2, 0) is 9.53 Å². The molecular weight excluding hydrogens is 391 g/mol. The molecule has 1 aliphatic carbocycles. The number of fused-ring (bicyclic) bond motifs is 1. The zero-order chi connectivity index (χ0) is 21.4. The molecule has 4 rings (SSSR count). The first-order valence-corrected chi connectivity index (χ1v) is 9.60. The Kier molecular flexibility index (Phi) is 5.07. The quantitative estimate of drug-likeness (QED) is 0.584. The Labute approximate surface area is 171 Å². The van der Waals surface area contributed by atoms with Gasteiger partial charge in [0.05, 0.1) is 22.4 Å². The van der Waals surface area contributed by atoms with Crippen LogP contribution in [0.1, 0.15) is 50.8 Å². The summed E-state index contributed by atoms with van der Waals surface area (Å²) in [5, 5.41) is 2.78. The number of ether oxygens (including phenoxy) is 1. The van der Waals surface area contributed by atoms with Gasteiger partial charge in [-0.1, -0.05) is 0 Å². The predicted octanol–water partition coefficient (Wildman–Crippen LogP) is 2.70. The highest BCUT2D eigenvalue weighted by molar-refractivity contribution is 6.34. The SMILES string of the molecule is C[C@@H](NC(=O)COC(=O)c1ccc2c(c1)C(=O)N(c1ccc(F)cc1)C2=O)C1CC1. The number of hydrogen-bond donors (Lipinski definition) is 1. The van der Waals surface area contributed by atoms with Gasteiger partial charge in [0.15, 0.2) is 6.61 Å². The van der Waals surface area contributed by atoms with E-state index in [2.05, 4.69) is 5.32 Å². The molecule has 1 saturated carbocycles. The lowest BCUT2D eigenvalue weighted by molar-refractivity contribution is -0.125. The standard InChI is InChI=1S/C22H19FN2O5/c1-12(13-2-3-13)24-19(26)11-30-22(29)14-4-9-17-18(10-14)21(28)25(20(17)27)16-7-5-15(23)6-8-16/h4-10,12-13H,2-3,11H2,1H3,(H,24,26)/t12-/m1/s1. The number of anilines is 1. The second-order valence-electron chi connectivity index (χ2n) is 7.45. The van der Waals surface area contributed by atoms with E-state index in [1.165, 1.54) is 30.3 Å². The van der Waals surface area contributed by atoms with Gasteiger partial charge in [-0.15, -0.1) is 0 Å². The molecule has 7 nitrogen and oxygen atoms in total. The van der Waals surface area contributed by atoms with Gasteiger partial charge < -0.3 is 10.1 Å². The number of halogens is 1. The van der Waals surface area contributed by atoms with Crippen molar-refractivity contribution in [3.05, 3.63) is 65.0 Å². The molecule has 0 unspecified atom stereocenters. The van der Waals surface area contributed by atoms with Crippen LogP contribution in [0.2, 0.25) is 0 Å². The average Bonchev–Trinajstić information content (AvgIpc) is 3.55. The summed E-state index contributed by atoms with van der Waals surface area (Å²) in [5.74, 6) is -2.35. The van der Waals surface area contributed by atoms with Crippen molar-refractivity contribution in [2.24, 2.45) is 5.92 Å². The van der Waals surface area contributed by atoms with Crippen molar-refractivity contribution < 1.29 is 28.3 Å². The van der Waals surface area contributed by atoms with Crippen LogP contribution in [0.15, 0.2) is 42.5 Å². The summed E-state index contributed by atoms with van der Waals surface area (Å²) in [6, 6.07) is 8.99. The van der Waals surface area contributed by atoms with E-state index in [0.29, 0.717) is 5.92 Å². The number of imide groups is 1. The largest absolute Gasteiger partial charge is 0.452 e. The number of hydrogen-bond acceptors (Lipinski definition) is 5. The Hall–Kier alpha value is -3.55. The van der Waals surface area contributed by atoms with Gasteiger partial charge in [-0.2, -0.15) is 0 Å². The minimum absolute atomic E-state index is 0.0391. The maximum atomic E-state index is 13.1. The van der Waals surface area contributed by atoms with Gasteiger partial charge in [-0.3, -0.25) is 14.4 Å². The summed E-state index contributed by atoms with van der Waals surface area (Å²) in [4.78, 5) is 50.4. The van der Waals surface area contributed by atoms with Crippen LogP contribution >= 0.6 is 0 Å². The summed E-state index contributed by atoms with van der Waals surface area (Å²) in [5.41, 5.74) is 0.467. The first-order valence-electron chi connectivity index (χ1n) is 9.60. The van der Waals surface area contributed by atoms with Crippen molar-refractivity contribution in [1.82, 2.24) is 5.32 Å². The highest BCUT2D eigenvalue weighted by atomic mass is 19.1. The highest BCUT2D eigenvalue weighted by Crippen LogP contribution is 2.32. The molecule has 8 heteroatoms. The Morgan fingerprint density at radius 1 is 1.10 bits per heavy atom. The number of benzene rings is 2. The number of amides is 3. The first kappa shape index (κ1) is 19.8. The van der Waals surface area contributed by atoms with Crippen LogP contribution < -0.4 is 10.2 Å². The van der Waals surface area contributed by atoms with Gasteiger partial charge in [0.25, 0.3) is 17.7 Å². The number of carbonyl (C=O) groups excluding carboxylic acids is 4. The molecule has 0 aromatic heterocycles. The van der Waals surface area contributed by atoms with Crippen molar-refractivity contribution in [2.75, 3.05) is 11.5 Å². The molecule has 3 amide bonds. The summed E-state index contributed by atoms with van der Waals surface area (Å²) in [7, 11) is 0. The molecule has 1 N–H and O–H groups in total. The molecule has 0 spiro atoms. The molecule has 30 heavy (non-hydrogen) atoms. The molecule has 1 fully saturated rings. The van der Waals surface area contributed by atoms with E-state index in [9.17, 15) is 23.6 Å². The predicted molar refractivity (Wildman–Crippen MR) is 105 cm³/mol. The van der Waals surface area contributed by atoms with Gasteiger partial charge in [-0.25, -0.2) is 14.1 Å². The van der Waals surface area contributed by atoms with Gasteiger partial charge in [0.1, 0.15) is 5.82 Å². The fourth-order valence-electron chi connectivity index (χ4n) is 3.42. The Bertz CT molecular complexity index is 1050. The van der Waals surface area contributed by atoms with Crippen LogP contribution in [0.5, 0.6) is 0 Å². The smallest absolute Gasteiger partial charge is 0.338 e. The molecule has 2 aromatic rings. The Balaban J connectivity index is 1.45. The molecule has 0 saturated heterocycles. The molecule has 154 valence electrons. The van der Waals surface area contributed by atoms with Crippen molar-refractivity contribution in [3.8, 4) is 0 Å². The molecule has 1 aliphatic heterocycles. The van der Waals surface area contributed by atoms with E-state index < -0.39 is 36.1 Å². The molecular formula is C22H19FN2O5. The number of nitrogens with one attached hydrogen (secondary N) is 1. The third-order valence-corrected chi connectivity index (χ3v) is 5.26. The fraction of sp³-hybridized carbons (Fsp3) is 0.273. The summed E-state index contributed by atoms with van der Waals surface area (Å²) in [6.45, 7) is 1.48. The lowest BCUT2D eigenvalue weighted by Crippen LogP contribution is -2.37. The van der Waals surface area contributed by atoms with Crippen LogP contribution in [0.3, 0.4) is 0 Å². The van der Waals surface area contributed by atoms with E-state index in [1.807, 2.05) is 6.92 Å². The minimum Gasteiger partial charge on any atom is -0.452 e. The average molecular weight is 410 g/mol. The fourth-order valence-corrected chi connectivity index (χ4v) is 3.42. The van der Waals surface area contributed by atoms with E-state index >= 15 is 0 Å². The van der Waals surface area contributed by atoms with E-state index in [0.717, 1.165) is 29.9 Å². The molecule has 2 aromatic carbocycles. The maximum absolute atomic E-state index is 13.1. The van der Waals surface area contributed by atoms with Crippen molar-refractivity contribution >= 4 is 29.4 Å². The number of rotatable bonds is 6. The van der Waals surface area contributed by atoms with Crippen LogP contribution in [0.4, 0.5) is 10.1 Å². The second kappa shape index (κ2) is 7.70. The summed E-state index contributed by atoms with van der Waals surface area (Å²) >= 11 is 0. The normalized spacial score (nSPS) is 16.3. The molecule has 1 heterocycles. The van der Waals surface area contributed by atoms with E-state index in [1.54, 1.807) is 0 Å². The van der Waals surface area contributed by atoms with Gasteiger partial charge in [0, 0.05) is 6.04 Å². The molecule has 2 aliphatic rings. The molecule has 1 atom stereocenters. The topological polar surface area (TPSA) is 92.8 Å². The monoisotopic (exact) mass is 410 g/mol. The Morgan fingerprint density at radius 3 is 2.43 bits per heavy atom. The number of carbonyl (C=O) groups is 4. The summed E-state index contributed by atoms with van der Waals surface area (Å²) in [6.07, 6.45) is 2.16. The Morgan fingerprint density at radius 2 is 1.77 bits per heavy atom. The van der Waals surface area contributed by atoms with Gasteiger partial charge in [-0.05, 0) is 68.1 Å². The first-order chi connectivity index (χ1) is 14.3. The van der Waals surface area contributed by atoms with Crippen LogP contribution in [0, 0.1) is 11.7 Å². The zero-order valence-electron chi connectivity index (χ0n) is 16.2. The third kappa shape index (κ3) is 3.80. The molecule has 0 radical (unpaired) electrons. The van der Waals surface area contributed by atoms with Crippen molar-refractivity contribution in [2.45, 2.75) is 25.8 Å². The lowest BCUT2D eigenvalue weighted by Gasteiger charge is -2.13. The number of nitrogens with zero attached hydrogens (tertiary/aromatic N) is 1. The van der Waals surface area contributed by atoms with Crippen molar-refractivity contribution in [3.63, 3.8) is 0 Å². The van der Waals surface area contributed by atoms with E-state index in [4.69, 9.17) is 4.74 Å². The van der Waals surface area contributed by atoms with Gasteiger partial charge in [0.2, 0.25) is 0 Å². The van der Waals surface area contributed by atoms with Crippen LogP contribution in [-0.4, -0.2) is 36.3 Å². The van der Waals surface area contributed by atoms with Crippen molar-refractivity contribution in [1.29, 1.82) is 0 Å². The number of esters is 1. The van der Waals surface area contributed by atoms with E-state index in [-0.39, 0.29) is 28.4 Å². The molecule has 0 bridgehead atoms. The highest BCUT2D eigenvalue weighted by Gasteiger charge is 2.37. The minimum atomic E-state index is -0.771. The summed E-state index contributed by atoms with van der Waals surface area (Å²) < 4.78 is 18.2. The zero-order valence-corrected chi connectivity index (χ0v) is 16.2. The third-order valence-electron chi connectivity index (χ3n) is 5.26. The van der Waals surface area contributed by atoms with Gasteiger partial charge >= 0.3 is 5.97 Å².